The number of esters is 1. The lowest BCUT2D eigenvalue weighted by atomic mass is 10.1. The molecule has 0 aromatic heterocycles. The number of carbonyl (C=O) groups excluding carboxylic acids is 2. The van der Waals surface area contributed by atoms with Crippen molar-refractivity contribution in [2.24, 2.45) is 0 Å². The highest BCUT2D eigenvalue weighted by atomic mass is 32.2. The van der Waals surface area contributed by atoms with Gasteiger partial charge in [-0.2, -0.15) is 0 Å². The van der Waals surface area contributed by atoms with Crippen LogP contribution < -0.4 is 4.74 Å². The number of sulfone groups is 1. The van der Waals surface area contributed by atoms with Crippen molar-refractivity contribution in [2.75, 3.05) is 24.7 Å². The van der Waals surface area contributed by atoms with Crippen LogP contribution in [-0.2, 0) is 37.0 Å². The van der Waals surface area contributed by atoms with Gasteiger partial charge in [-0.1, -0.05) is 6.07 Å². The van der Waals surface area contributed by atoms with E-state index in [4.69, 9.17) is 9.47 Å². The van der Waals surface area contributed by atoms with Gasteiger partial charge in [0.15, 0.2) is 22.5 Å². The zero-order chi connectivity index (χ0) is 20.3. The van der Waals surface area contributed by atoms with Gasteiger partial charge in [0, 0.05) is 12.6 Å². The third-order valence-electron chi connectivity index (χ3n) is 5.36. The van der Waals surface area contributed by atoms with E-state index in [1.165, 1.54) is 23.0 Å². The minimum atomic E-state index is -3.10. The second-order valence-electron chi connectivity index (χ2n) is 7.39. The summed E-state index contributed by atoms with van der Waals surface area (Å²) in [5.41, 5.74) is 2.57. The Hall–Kier alpha value is -2.09. The Morgan fingerprint density at radius 3 is 2.68 bits per heavy atom. The summed E-state index contributed by atoms with van der Waals surface area (Å²) in [6, 6.07) is 5.45. The molecule has 0 spiro atoms. The predicted octanol–water partition coefficient (Wildman–Crippen LogP) is 1.52. The molecule has 1 aromatic rings. The molecule has 0 N–H and O–H groups in total. The topological polar surface area (TPSA) is 90.0 Å². The molecule has 0 unspecified atom stereocenters. The summed E-state index contributed by atoms with van der Waals surface area (Å²) in [5, 5.41) is 0. The Labute approximate surface area is 165 Å². The quantitative estimate of drug-likeness (QED) is 0.635. The van der Waals surface area contributed by atoms with Gasteiger partial charge in [-0.05, 0) is 62.8 Å². The van der Waals surface area contributed by atoms with Crippen molar-refractivity contribution in [3.05, 3.63) is 29.3 Å². The molecule has 0 bridgehead atoms. The smallest absolute Gasteiger partial charge is 0.344 e. The van der Waals surface area contributed by atoms with Crippen molar-refractivity contribution in [2.45, 2.75) is 51.7 Å². The SMILES string of the molecule is CCN(C(=O)[C@@H](C)OC(=O)COc1ccc2c(c1)CCC2)[C@@H]1CCS(=O)(=O)C1. The van der Waals surface area contributed by atoms with E-state index in [0.717, 1.165) is 19.3 Å². The Morgan fingerprint density at radius 2 is 2.00 bits per heavy atom. The van der Waals surface area contributed by atoms with Gasteiger partial charge in [-0.15, -0.1) is 0 Å². The van der Waals surface area contributed by atoms with Crippen LogP contribution in [0.25, 0.3) is 0 Å². The fourth-order valence-electron chi connectivity index (χ4n) is 3.91. The van der Waals surface area contributed by atoms with Gasteiger partial charge in [-0.3, -0.25) is 4.79 Å². The summed E-state index contributed by atoms with van der Waals surface area (Å²) in [6.45, 7) is 3.38. The maximum atomic E-state index is 12.6. The maximum Gasteiger partial charge on any atom is 0.344 e. The normalized spacial score (nSPS) is 21.0. The Bertz CT molecular complexity index is 850. The van der Waals surface area contributed by atoms with Crippen LogP contribution in [0.3, 0.4) is 0 Å². The standard InChI is InChI=1S/C20H27NO6S/c1-3-21(17-9-10-28(24,25)13-17)20(23)14(2)27-19(22)12-26-18-8-7-15-5-4-6-16(15)11-18/h7-8,11,14,17H,3-6,9-10,12-13H2,1-2H3/t14-,17-/m1/s1. The zero-order valence-corrected chi connectivity index (χ0v) is 17.2. The van der Waals surface area contributed by atoms with Crippen LogP contribution >= 0.6 is 0 Å². The van der Waals surface area contributed by atoms with Crippen LogP contribution in [0.5, 0.6) is 5.75 Å². The highest BCUT2D eigenvalue weighted by molar-refractivity contribution is 7.91. The largest absolute Gasteiger partial charge is 0.482 e. The summed E-state index contributed by atoms with van der Waals surface area (Å²) < 4.78 is 34.1. The van der Waals surface area contributed by atoms with E-state index in [2.05, 4.69) is 0 Å². The number of nitrogens with zero attached hydrogens (tertiary/aromatic N) is 1. The first-order chi connectivity index (χ1) is 13.3. The lowest BCUT2D eigenvalue weighted by molar-refractivity contribution is -0.161. The number of hydrogen-bond acceptors (Lipinski definition) is 6. The van der Waals surface area contributed by atoms with Gasteiger partial charge in [0.25, 0.3) is 5.91 Å². The lowest BCUT2D eigenvalue weighted by Gasteiger charge is -2.29. The number of aryl methyl sites for hydroxylation is 2. The molecule has 154 valence electrons. The molecule has 1 saturated heterocycles. The van der Waals surface area contributed by atoms with E-state index >= 15 is 0 Å². The molecule has 2 aliphatic rings. The van der Waals surface area contributed by atoms with Gasteiger partial charge in [-0.25, -0.2) is 13.2 Å². The average molecular weight is 410 g/mol. The number of ether oxygens (including phenoxy) is 2. The zero-order valence-electron chi connectivity index (χ0n) is 16.3. The molecular formula is C20H27NO6S. The van der Waals surface area contributed by atoms with Gasteiger partial charge < -0.3 is 14.4 Å². The fourth-order valence-corrected chi connectivity index (χ4v) is 5.64. The Kier molecular flexibility index (Phi) is 6.27. The van der Waals surface area contributed by atoms with Gasteiger partial charge in [0.1, 0.15) is 5.75 Å². The van der Waals surface area contributed by atoms with E-state index in [9.17, 15) is 18.0 Å². The van der Waals surface area contributed by atoms with Crippen LogP contribution in [0.2, 0.25) is 0 Å². The summed E-state index contributed by atoms with van der Waals surface area (Å²) in [6.07, 6.45) is 2.67. The molecule has 28 heavy (non-hydrogen) atoms. The number of benzene rings is 1. The third-order valence-corrected chi connectivity index (χ3v) is 7.11. The molecule has 1 aromatic carbocycles. The molecule has 3 rings (SSSR count). The maximum absolute atomic E-state index is 12.6. The van der Waals surface area contributed by atoms with Gasteiger partial charge in [0.2, 0.25) is 0 Å². The Balaban J connectivity index is 1.50. The first-order valence-electron chi connectivity index (χ1n) is 9.74. The molecule has 2 atom stereocenters. The monoisotopic (exact) mass is 409 g/mol. The van der Waals surface area contributed by atoms with Crippen molar-refractivity contribution in [1.29, 1.82) is 0 Å². The average Bonchev–Trinajstić information content (AvgIpc) is 3.26. The predicted molar refractivity (Wildman–Crippen MR) is 104 cm³/mol. The van der Waals surface area contributed by atoms with Crippen molar-refractivity contribution >= 4 is 21.7 Å². The summed E-state index contributed by atoms with van der Waals surface area (Å²) in [4.78, 5) is 26.2. The van der Waals surface area contributed by atoms with E-state index in [0.29, 0.717) is 18.7 Å². The minimum absolute atomic E-state index is 0.0330. The molecule has 0 saturated carbocycles. The van der Waals surface area contributed by atoms with Crippen molar-refractivity contribution in [3.8, 4) is 5.75 Å². The fraction of sp³-hybridized carbons (Fsp3) is 0.600. The summed E-state index contributed by atoms with van der Waals surface area (Å²) in [7, 11) is -3.10. The van der Waals surface area contributed by atoms with E-state index < -0.39 is 21.9 Å². The minimum Gasteiger partial charge on any atom is -0.482 e. The second kappa shape index (κ2) is 8.51. The van der Waals surface area contributed by atoms with Crippen LogP contribution in [0.4, 0.5) is 0 Å². The number of rotatable bonds is 7. The second-order valence-corrected chi connectivity index (χ2v) is 9.61. The van der Waals surface area contributed by atoms with Crippen LogP contribution in [0.15, 0.2) is 18.2 Å². The molecule has 0 radical (unpaired) electrons. The van der Waals surface area contributed by atoms with Crippen molar-refractivity contribution in [3.63, 3.8) is 0 Å². The third kappa shape index (κ3) is 4.84. The van der Waals surface area contributed by atoms with Crippen molar-refractivity contribution in [1.82, 2.24) is 4.90 Å². The molecule has 7 nitrogen and oxygen atoms in total. The number of fused-ring (bicyclic) bond motifs is 1. The first kappa shape index (κ1) is 20.6. The lowest BCUT2D eigenvalue weighted by Crippen LogP contribution is -2.46. The number of carbonyl (C=O) groups is 2. The van der Waals surface area contributed by atoms with Crippen LogP contribution in [0.1, 0.15) is 37.8 Å². The number of hydrogen-bond donors (Lipinski definition) is 0. The van der Waals surface area contributed by atoms with Crippen LogP contribution in [0, 0.1) is 0 Å². The molecule has 1 amide bonds. The number of amides is 1. The highest BCUT2D eigenvalue weighted by Crippen LogP contribution is 2.26. The van der Waals surface area contributed by atoms with Gasteiger partial charge in [0.05, 0.1) is 11.5 Å². The van der Waals surface area contributed by atoms with E-state index in [1.807, 2.05) is 18.2 Å². The van der Waals surface area contributed by atoms with Gasteiger partial charge >= 0.3 is 5.97 Å². The molecule has 1 fully saturated rings. The highest BCUT2D eigenvalue weighted by Gasteiger charge is 2.36. The van der Waals surface area contributed by atoms with Crippen LogP contribution in [-0.4, -0.2) is 62.0 Å². The Morgan fingerprint density at radius 1 is 1.25 bits per heavy atom. The molecule has 1 heterocycles. The summed E-state index contributed by atoms with van der Waals surface area (Å²) in [5.74, 6) is -0.339. The first-order valence-corrected chi connectivity index (χ1v) is 11.6. The summed E-state index contributed by atoms with van der Waals surface area (Å²) >= 11 is 0. The van der Waals surface area contributed by atoms with Crippen molar-refractivity contribution < 1.29 is 27.5 Å². The van der Waals surface area contributed by atoms with E-state index in [-0.39, 0.29) is 30.1 Å². The van der Waals surface area contributed by atoms with E-state index in [1.54, 1.807) is 6.92 Å². The number of likely N-dealkylation sites (N-methyl/N-ethyl adjacent to an activating group) is 1. The molecule has 1 aliphatic heterocycles. The molecule has 8 heteroatoms. The molecule has 1 aliphatic carbocycles. The molecular weight excluding hydrogens is 382 g/mol.